The fraction of sp³-hybridized carbons (Fsp3) is 0.750. The Bertz CT molecular complexity index is 88.7. The van der Waals surface area contributed by atoms with Gasteiger partial charge in [0, 0.05) is 6.04 Å². The zero-order valence-electron chi connectivity index (χ0n) is 6.65. The second-order valence-corrected chi connectivity index (χ2v) is 2.84. The maximum atomic E-state index is 5.55. The number of allylic oxidation sites excluding steroid dienone is 2. The highest BCUT2D eigenvalue weighted by molar-refractivity contribution is 4.92. The van der Waals surface area contributed by atoms with Crippen LogP contribution in [0.25, 0.3) is 0 Å². The minimum atomic E-state index is 0.348. The molecule has 1 atom stereocenters. The van der Waals surface area contributed by atoms with Crippen molar-refractivity contribution in [3.63, 3.8) is 0 Å². The van der Waals surface area contributed by atoms with Crippen LogP contribution in [0.4, 0.5) is 0 Å². The molecule has 0 bridgehead atoms. The van der Waals surface area contributed by atoms with Crippen LogP contribution in [0.3, 0.4) is 0 Å². The van der Waals surface area contributed by atoms with Crippen LogP contribution in [0.1, 0.15) is 33.6 Å². The van der Waals surface area contributed by atoms with E-state index in [0.717, 1.165) is 12.8 Å². The van der Waals surface area contributed by atoms with Crippen LogP contribution in [0.15, 0.2) is 11.6 Å². The van der Waals surface area contributed by atoms with E-state index in [0.29, 0.717) is 6.04 Å². The van der Waals surface area contributed by atoms with E-state index >= 15 is 0 Å². The zero-order chi connectivity index (χ0) is 7.28. The molecule has 0 aliphatic carbocycles. The largest absolute Gasteiger partial charge is 0.328 e. The summed E-state index contributed by atoms with van der Waals surface area (Å²) >= 11 is 0. The Morgan fingerprint density at radius 3 is 2.44 bits per heavy atom. The topological polar surface area (TPSA) is 26.0 Å². The fourth-order valence-corrected chi connectivity index (χ4v) is 0.635. The summed E-state index contributed by atoms with van der Waals surface area (Å²) in [6.07, 6.45) is 4.45. The number of rotatable bonds is 3. The third kappa shape index (κ3) is 7.70. The molecule has 0 aliphatic heterocycles. The molecule has 0 fully saturated rings. The van der Waals surface area contributed by atoms with E-state index in [1.165, 1.54) is 5.57 Å². The van der Waals surface area contributed by atoms with E-state index in [4.69, 9.17) is 5.73 Å². The first-order valence-electron chi connectivity index (χ1n) is 3.52. The van der Waals surface area contributed by atoms with Gasteiger partial charge in [-0.2, -0.15) is 0 Å². The molecule has 0 aliphatic rings. The van der Waals surface area contributed by atoms with E-state index in [1.54, 1.807) is 0 Å². The Labute approximate surface area is 57.9 Å². The molecule has 0 rings (SSSR count). The first-order chi connectivity index (χ1) is 4.13. The average Bonchev–Trinajstić information content (AvgIpc) is 1.63. The average molecular weight is 127 g/mol. The standard InChI is InChI=1S/C8H17N/c1-7(2)5-4-6-8(3)9/h5,8H,4,6,9H2,1-3H3/t8-/m1/s1. The number of hydrogen-bond acceptors (Lipinski definition) is 1. The molecule has 0 saturated carbocycles. The molecular weight excluding hydrogens is 110 g/mol. The molecule has 0 aromatic carbocycles. The van der Waals surface area contributed by atoms with E-state index in [-0.39, 0.29) is 0 Å². The third-order valence-electron chi connectivity index (χ3n) is 1.17. The minimum absolute atomic E-state index is 0.348. The molecule has 0 aromatic rings. The van der Waals surface area contributed by atoms with Crippen LogP contribution in [0.2, 0.25) is 0 Å². The molecule has 0 radical (unpaired) electrons. The van der Waals surface area contributed by atoms with Crippen molar-refractivity contribution in [2.75, 3.05) is 0 Å². The summed E-state index contributed by atoms with van der Waals surface area (Å²) in [5, 5.41) is 0. The van der Waals surface area contributed by atoms with Crippen LogP contribution < -0.4 is 5.73 Å². The van der Waals surface area contributed by atoms with Crippen molar-refractivity contribution in [1.82, 2.24) is 0 Å². The molecule has 1 nitrogen and oxygen atoms in total. The van der Waals surface area contributed by atoms with Gasteiger partial charge in [-0.05, 0) is 33.6 Å². The molecule has 0 spiro atoms. The molecule has 9 heavy (non-hydrogen) atoms. The first-order valence-corrected chi connectivity index (χ1v) is 3.52. The first kappa shape index (κ1) is 8.70. The van der Waals surface area contributed by atoms with Crippen LogP contribution in [-0.4, -0.2) is 6.04 Å². The van der Waals surface area contributed by atoms with Crippen molar-refractivity contribution < 1.29 is 0 Å². The summed E-state index contributed by atoms with van der Waals surface area (Å²) in [7, 11) is 0. The Morgan fingerprint density at radius 2 is 2.11 bits per heavy atom. The monoisotopic (exact) mass is 127 g/mol. The van der Waals surface area contributed by atoms with E-state index < -0.39 is 0 Å². The number of nitrogens with two attached hydrogens (primary N) is 1. The molecule has 2 N–H and O–H groups in total. The van der Waals surface area contributed by atoms with Crippen molar-refractivity contribution >= 4 is 0 Å². The van der Waals surface area contributed by atoms with Gasteiger partial charge >= 0.3 is 0 Å². The molecule has 0 amide bonds. The summed E-state index contributed by atoms with van der Waals surface area (Å²) in [4.78, 5) is 0. The van der Waals surface area contributed by atoms with Crippen molar-refractivity contribution in [2.45, 2.75) is 39.7 Å². The Morgan fingerprint density at radius 1 is 1.56 bits per heavy atom. The highest BCUT2D eigenvalue weighted by Crippen LogP contribution is 1.98. The lowest BCUT2D eigenvalue weighted by atomic mass is 10.1. The van der Waals surface area contributed by atoms with Crippen LogP contribution in [-0.2, 0) is 0 Å². The summed E-state index contributed by atoms with van der Waals surface area (Å²) in [5.41, 5.74) is 6.93. The molecule has 54 valence electrons. The van der Waals surface area contributed by atoms with E-state index in [9.17, 15) is 0 Å². The maximum Gasteiger partial charge on any atom is 0.00134 e. The second-order valence-electron chi connectivity index (χ2n) is 2.84. The lowest BCUT2D eigenvalue weighted by Crippen LogP contribution is -2.13. The zero-order valence-corrected chi connectivity index (χ0v) is 6.65. The van der Waals surface area contributed by atoms with Crippen LogP contribution in [0, 0.1) is 0 Å². The summed E-state index contributed by atoms with van der Waals surface area (Å²) in [6, 6.07) is 0.348. The molecule has 0 saturated heterocycles. The van der Waals surface area contributed by atoms with Gasteiger partial charge in [0.25, 0.3) is 0 Å². The second kappa shape index (κ2) is 4.57. The number of hydrogen-bond donors (Lipinski definition) is 1. The molecular formula is C8H17N. The van der Waals surface area contributed by atoms with Crippen molar-refractivity contribution in [3.8, 4) is 0 Å². The van der Waals surface area contributed by atoms with E-state index in [2.05, 4.69) is 19.9 Å². The quantitative estimate of drug-likeness (QED) is 0.577. The molecule has 0 heterocycles. The van der Waals surface area contributed by atoms with Gasteiger partial charge in [-0.15, -0.1) is 0 Å². The van der Waals surface area contributed by atoms with Crippen LogP contribution >= 0.6 is 0 Å². The Hall–Kier alpha value is -0.300. The van der Waals surface area contributed by atoms with E-state index in [1.807, 2.05) is 6.92 Å². The minimum Gasteiger partial charge on any atom is -0.328 e. The summed E-state index contributed by atoms with van der Waals surface area (Å²) in [5.74, 6) is 0. The Kier molecular flexibility index (Phi) is 4.41. The fourth-order valence-electron chi connectivity index (χ4n) is 0.635. The predicted molar refractivity (Wildman–Crippen MR) is 42.3 cm³/mol. The van der Waals surface area contributed by atoms with Crippen LogP contribution in [0.5, 0.6) is 0 Å². The third-order valence-corrected chi connectivity index (χ3v) is 1.17. The van der Waals surface area contributed by atoms with Gasteiger partial charge in [0.05, 0.1) is 0 Å². The van der Waals surface area contributed by atoms with Gasteiger partial charge in [0.15, 0.2) is 0 Å². The maximum absolute atomic E-state index is 5.55. The van der Waals surface area contributed by atoms with Gasteiger partial charge in [0.2, 0.25) is 0 Å². The predicted octanol–water partition coefficient (Wildman–Crippen LogP) is 2.08. The van der Waals surface area contributed by atoms with Gasteiger partial charge in [-0.25, -0.2) is 0 Å². The lowest BCUT2D eigenvalue weighted by Gasteiger charge is -1.99. The summed E-state index contributed by atoms with van der Waals surface area (Å²) in [6.45, 7) is 6.27. The Balaban J connectivity index is 3.20. The van der Waals surface area contributed by atoms with Gasteiger partial charge < -0.3 is 5.73 Å². The van der Waals surface area contributed by atoms with Gasteiger partial charge in [-0.1, -0.05) is 11.6 Å². The van der Waals surface area contributed by atoms with Gasteiger partial charge in [-0.3, -0.25) is 0 Å². The van der Waals surface area contributed by atoms with Crippen molar-refractivity contribution in [2.24, 2.45) is 5.73 Å². The SMILES string of the molecule is CC(C)=CCC[C@@H](C)N. The highest BCUT2D eigenvalue weighted by Gasteiger charge is 1.89. The van der Waals surface area contributed by atoms with Gasteiger partial charge in [0.1, 0.15) is 0 Å². The molecule has 0 unspecified atom stereocenters. The molecule has 1 heteroatoms. The lowest BCUT2D eigenvalue weighted by molar-refractivity contribution is 0.674. The highest BCUT2D eigenvalue weighted by atomic mass is 14.6. The summed E-state index contributed by atoms with van der Waals surface area (Å²) < 4.78 is 0. The van der Waals surface area contributed by atoms with Crippen molar-refractivity contribution in [3.05, 3.63) is 11.6 Å². The molecule has 0 aromatic heterocycles. The van der Waals surface area contributed by atoms with Crippen molar-refractivity contribution in [1.29, 1.82) is 0 Å². The smallest absolute Gasteiger partial charge is 0.00134 e. The normalized spacial score (nSPS) is 12.9.